The highest BCUT2D eigenvalue weighted by Crippen LogP contribution is 2.28. The lowest BCUT2D eigenvalue weighted by Crippen LogP contribution is -2.26. The Morgan fingerprint density at radius 3 is 1.52 bits per heavy atom. The fourth-order valence-electron chi connectivity index (χ4n) is 2.93. The summed E-state index contributed by atoms with van der Waals surface area (Å²) in [5.74, 6) is -5.74. The van der Waals surface area contributed by atoms with E-state index in [0.29, 0.717) is 0 Å². The molecule has 0 aliphatic heterocycles. The molecule has 0 atom stereocenters. The zero-order valence-electron chi connectivity index (χ0n) is 15.8. The van der Waals surface area contributed by atoms with Gasteiger partial charge in [-0.25, -0.2) is 13.2 Å². The van der Waals surface area contributed by atoms with Gasteiger partial charge in [-0.15, -0.1) is 0 Å². The van der Waals surface area contributed by atoms with Crippen LogP contribution in [0.1, 0.15) is 33.4 Å². The zero-order valence-corrected chi connectivity index (χ0v) is 15.8. The first-order valence-corrected chi connectivity index (χ1v) is 8.18. The minimum atomic E-state index is -2.02. The predicted octanol–water partition coefficient (Wildman–Crippen LogP) is 1.38. The van der Waals surface area contributed by atoms with Gasteiger partial charge in [0, 0.05) is 10.4 Å². The van der Waals surface area contributed by atoms with Crippen molar-refractivity contribution in [2.24, 2.45) is 0 Å². The van der Waals surface area contributed by atoms with Crippen LogP contribution in [-0.4, -0.2) is 0 Å². The first kappa shape index (κ1) is 23.2. The van der Waals surface area contributed by atoms with Crippen molar-refractivity contribution in [2.75, 3.05) is 0 Å². The first-order chi connectivity index (χ1) is 15.8. The van der Waals surface area contributed by atoms with Gasteiger partial charge in [0.05, 0.1) is 33.9 Å². The third-order valence-electron chi connectivity index (χ3n) is 4.32. The van der Waals surface area contributed by atoms with Crippen LogP contribution in [0, 0.1) is 108 Å². The largest absolute Gasteiger partial charge is 0.205 e. The van der Waals surface area contributed by atoms with E-state index >= 15 is 0 Å². The topological polar surface area (TPSA) is 190 Å². The number of rotatable bonds is 1. The highest BCUT2D eigenvalue weighted by Gasteiger charge is 2.28. The van der Waals surface area contributed by atoms with E-state index in [1.807, 2.05) is 0 Å². The predicted molar refractivity (Wildman–Crippen MR) is 98.3 cm³/mol. The van der Waals surface area contributed by atoms with Crippen LogP contribution in [0.15, 0.2) is 6.07 Å². The molecule has 33 heavy (non-hydrogen) atoms. The van der Waals surface area contributed by atoms with Crippen LogP contribution in [0.4, 0.5) is 13.2 Å². The molecule has 2 aromatic rings. The minimum Gasteiger partial charge on any atom is -0.205 e. The molecular formula is C22HF3N8. The Morgan fingerprint density at radius 1 is 0.576 bits per heavy atom. The fourth-order valence-corrected chi connectivity index (χ4v) is 2.93. The molecule has 0 radical (unpaired) electrons. The van der Waals surface area contributed by atoms with Crippen molar-refractivity contribution in [2.45, 2.75) is 0 Å². The molecule has 0 saturated carbocycles. The van der Waals surface area contributed by atoms with Gasteiger partial charge in [0.1, 0.15) is 59.2 Å². The summed E-state index contributed by atoms with van der Waals surface area (Å²) in [5, 5.41) is 73.2. The van der Waals surface area contributed by atoms with Crippen molar-refractivity contribution >= 4 is 11.1 Å². The summed E-state index contributed by atoms with van der Waals surface area (Å²) < 4.78 is 44.0. The molecule has 11 heteroatoms. The van der Waals surface area contributed by atoms with Crippen molar-refractivity contribution in [1.29, 1.82) is 42.1 Å². The molecule has 2 rings (SSSR count). The lowest BCUT2D eigenvalue weighted by molar-refractivity contribution is 0.488. The van der Waals surface area contributed by atoms with Crippen LogP contribution < -0.4 is 10.4 Å². The van der Waals surface area contributed by atoms with Crippen molar-refractivity contribution < 1.29 is 13.2 Å². The van der Waals surface area contributed by atoms with Gasteiger partial charge in [-0.05, 0) is 6.07 Å². The van der Waals surface area contributed by atoms with Crippen LogP contribution in [-0.2, 0) is 0 Å². The maximum Gasteiger partial charge on any atom is 0.178 e. The van der Waals surface area contributed by atoms with Crippen molar-refractivity contribution in [3.63, 3.8) is 0 Å². The van der Waals surface area contributed by atoms with Crippen LogP contribution in [0.5, 0.6) is 0 Å². The van der Waals surface area contributed by atoms with E-state index in [4.69, 9.17) is 21.0 Å². The van der Waals surface area contributed by atoms with Gasteiger partial charge in [0.25, 0.3) is 0 Å². The van der Waals surface area contributed by atoms with E-state index in [9.17, 15) is 34.2 Å². The van der Waals surface area contributed by atoms with Crippen molar-refractivity contribution in [1.82, 2.24) is 0 Å². The van der Waals surface area contributed by atoms with E-state index in [0.717, 1.165) is 12.1 Å². The fraction of sp³-hybridized carbons (Fsp3) is 0. The summed E-state index contributed by atoms with van der Waals surface area (Å²) in [6.07, 6.45) is 0. The summed E-state index contributed by atoms with van der Waals surface area (Å²) in [6.45, 7) is 0. The lowest BCUT2D eigenvalue weighted by Gasteiger charge is -2.10. The van der Waals surface area contributed by atoms with E-state index in [1.54, 1.807) is 6.07 Å². The summed E-state index contributed by atoms with van der Waals surface area (Å²) in [6, 6.07) is 11.9. The Bertz CT molecular complexity index is 1710. The smallest absolute Gasteiger partial charge is 0.178 e. The van der Waals surface area contributed by atoms with Gasteiger partial charge < -0.3 is 0 Å². The van der Waals surface area contributed by atoms with E-state index < -0.39 is 72.4 Å². The Hall–Kier alpha value is -6.11. The second kappa shape index (κ2) is 9.14. The molecule has 0 unspecified atom stereocenters. The second-order valence-electron chi connectivity index (χ2n) is 5.81. The van der Waals surface area contributed by atoms with Crippen LogP contribution >= 0.6 is 0 Å². The molecule has 8 nitrogen and oxygen atoms in total. The molecule has 0 N–H and O–H groups in total. The molecule has 0 aliphatic rings. The molecular weight excluding hydrogens is 433 g/mol. The standard InChI is InChI=1S/C22HF3N8/c23-20-16(8-32)17(9-33)21(24)22(25)19(20)14(6-30)12-1-10(2-26)18(11(3-27)4-28)15(7-31)13(12)5-29/h1H/b14-12+. The summed E-state index contributed by atoms with van der Waals surface area (Å²) in [7, 11) is 0. The normalized spacial score (nSPS) is 9.91. The summed E-state index contributed by atoms with van der Waals surface area (Å²) >= 11 is 0. The van der Waals surface area contributed by atoms with E-state index in [2.05, 4.69) is 0 Å². The van der Waals surface area contributed by atoms with E-state index in [-0.39, 0.29) is 0 Å². The lowest BCUT2D eigenvalue weighted by atomic mass is 9.91. The first-order valence-electron chi connectivity index (χ1n) is 8.18. The number of nitrogens with zero attached hydrogens (tertiary/aromatic N) is 8. The second-order valence-corrected chi connectivity index (χ2v) is 5.81. The minimum absolute atomic E-state index is 0.535. The number of benzene rings is 2. The number of halogens is 3. The third kappa shape index (κ3) is 3.40. The molecule has 0 heterocycles. The van der Waals surface area contributed by atoms with Gasteiger partial charge in [-0.3, -0.25) is 0 Å². The van der Waals surface area contributed by atoms with Gasteiger partial charge in [0.2, 0.25) is 0 Å². The van der Waals surface area contributed by atoms with Gasteiger partial charge in [-0.2, -0.15) is 42.1 Å². The van der Waals surface area contributed by atoms with Gasteiger partial charge >= 0.3 is 0 Å². The van der Waals surface area contributed by atoms with E-state index in [1.165, 1.54) is 36.4 Å². The monoisotopic (exact) mass is 434 g/mol. The molecule has 0 amide bonds. The Kier molecular flexibility index (Phi) is 6.42. The molecule has 0 saturated heterocycles. The van der Waals surface area contributed by atoms with Crippen molar-refractivity contribution in [3.8, 4) is 48.6 Å². The maximum absolute atomic E-state index is 14.9. The van der Waals surface area contributed by atoms with Gasteiger partial charge in [0.15, 0.2) is 17.5 Å². The highest BCUT2D eigenvalue weighted by molar-refractivity contribution is 5.82. The summed E-state index contributed by atoms with van der Waals surface area (Å²) in [5.41, 5.74) is -7.69. The summed E-state index contributed by atoms with van der Waals surface area (Å²) in [4.78, 5) is 0. The van der Waals surface area contributed by atoms with Crippen LogP contribution in [0.3, 0.4) is 0 Å². The number of hydrogen-bond acceptors (Lipinski definition) is 8. The van der Waals surface area contributed by atoms with Crippen molar-refractivity contribution in [3.05, 3.63) is 67.3 Å². The molecule has 0 spiro atoms. The zero-order chi connectivity index (χ0) is 24.9. The number of hydrogen-bond donors (Lipinski definition) is 0. The molecule has 0 fully saturated rings. The average molecular weight is 434 g/mol. The maximum atomic E-state index is 14.9. The Morgan fingerprint density at radius 2 is 1.09 bits per heavy atom. The number of nitriles is 8. The highest BCUT2D eigenvalue weighted by atomic mass is 19.2. The third-order valence-corrected chi connectivity index (χ3v) is 4.32. The molecule has 150 valence electrons. The van der Waals surface area contributed by atoms with Gasteiger partial charge in [-0.1, -0.05) is 0 Å². The molecule has 0 bridgehead atoms. The molecule has 2 aromatic carbocycles. The SMILES string of the molecule is N#CC(C#N)=c1c(C#N)c/c(=C(/C#N)c2c(F)c(F)c(C#N)c(C#N)c2F)c(C#N)c1C#N. The van der Waals surface area contributed by atoms with Crippen LogP contribution in [0.25, 0.3) is 11.1 Å². The average Bonchev–Trinajstić information content (AvgIpc) is 2.83. The van der Waals surface area contributed by atoms with Crippen LogP contribution in [0.2, 0.25) is 0 Å². The Balaban J connectivity index is 3.46. The molecule has 0 aromatic heterocycles. The quantitative estimate of drug-likeness (QED) is 0.601. The Labute approximate surface area is 182 Å². The molecule has 0 aliphatic carbocycles.